The summed E-state index contributed by atoms with van der Waals surface area (Å²) in [5.74, 6) is -1.83. The SMILES string of the molecule is CCCC1=C2[C@@H](CC/C(C)=C/c3cc(I)c(O)c(OC)c3)OB(O)C[C@@H]2[C@@H]2C(=O)N(c3cccc([N+](=O)[O-])c3)C(=O)[C@@H]2C1. The fourth-order valence-corrected chi connectivity index (χ4v) is 7.48. The number of hydrogen-bond acceptors (Lipinski definition) is 8. The highest BCUT2D eigenvalue weighted by molar-refractivity contribution is 14.1. The molecule has 10 nitrogen and oxygen atoms in total. The number of phenols is 1. The maximum Gasteiger partial charge on any atom is 0.455 e. The summed E-state index contributed by atoms with van der Waals surface area (Å²) in [6.45, 7) is 4.08. The molecular weight excluding hydrogens is 666 g/mol. The first-order valence-corrected chi connectivity index (χ1v) is 15.5. The van der Waals surface area contributed by atoms with Crippen LogP contribution in [0, 0.1) is 31.4 Å². The van der Waals surface area contributed by atoms with Gasteiger partial charge in [0.25, 0.3) is 5.69 Å². The molecule has 5 rings (SSSR count). The normalized spacial score (nSPS) is 23.9. The van der Waals surface area contributed by atoms with Crippen molar-refractivity contribution in [2.45, 2.75) is 58.4 Å². The van der Waals surface area contributed by atoms with Crippen molar-refractivity contribution in [3.63, 3.8) is 0 Å². The van der Waals surface area contributed by atoms with E-state index >= 15 is 0 Å². The van der Waals surface area contributed by atoms with E-state index in [-0.39, 0.29) is 41.2 Å². The Morgan fingerprint density at radius 2 is 2.02 bits per heavy atom. The van der Waals surface area contributed by atoms with Gasteiger partial charge < -0.3 is 19.5 Å². The molecule has 2 amide bonds. The molecule has 0 bridgehead atoms. The lowest BCUT2D eigenvalue weighted by Gasteiger charge is -2.43. The number of non-ortho nitro benzene ring substituents is 1. The number of carbonyl (C=O) groups is 2. The maximum atomic E-state index is 13.9. The molecule has 2 aromatic rings. The van der Waals surface area contributed by atoms with Crippen molar-refractivity contribution < 1.29 is 34.0 Å². The van der Waals surface area contributed by atoms with Crippen LogP contribution in [0.5, 0.6) is 11.5 Å². The number of methoxy groups -OCH3 is 1. The van der Waals surface area contributed by atoms with Crippen molar-refractivity contribution >= 4 is 59.0 Å². The zero-order valence-electron chi connectivity index (χ0n) is 24.3. The summed E-state index contributed by atoms with van der Waals surface area (Å²) >= 11 is 2.06. The largest absolute Gasteiger partial charge is 0.504 e. The summed E-state index contributed by atoms with van der Waals surface area (Å²) in [5, 5.41) is 32.4. The van der Waals surface area contributed by atoms with Crippen molar-refractivity contribution in [3.05, 3.63) is 72.4 Å². The third-order valence-corrected chi connectivity index (χ3v) is 9.47. The molecular formula is C31H34BIN2O8. The second-order valence-corrected chi connectivity index (χ2v) is 12.6. The molecule has 0 radical (unpaired) electrons. The number of halogens is 1. The van der Waals surface area contributed by atoms with Gasteiger partial charge in [-0.3, -0.25) is 19.7 Å². The Kier molecular flexibility index (Phi) is 9.28. The lowest BCUT2D eigenvalue weighted by molar-refractivity contribution is -0.384. The number of rotatable bonds is 9. The number of amides is 2. The quantitative estimate of drug-likeness (QED) is 0.0824. The number of benzene rings is 2. The van der Waals surface area contributed by atoms with Crippen molar-refractivity contribution in [3.8, 4) is 11.5 Å². The first-order valence-electron chi connectivity index (χ1n) is 14.4. The molecule has 2 heterocycles. The average Bonchev–Trinajstić information content (AvgIpc) is 3.22. The first kappa shape index (κ1) is 31.2. The van der Waals surface area contributed by atoms with Crippen LogP contribution in [-0.4, -0.2) is 47.2 Å². The Morgan fingerprint density at radius 1 is 1.26 bits per heavy atom. The van der Waals surface area contributed by atoms with E-state index in [2.05, 4.69) is 29.5 Å². The van der Waals surface area contributed by atoms with Gasteiger partial charge in [0.1, 0.15) is 0 Å². The lowest BCUT2D eigenvalue weighted by atomic mass is 9.58. The molecule has 0 aromatic heterocycles. The zero-order chi connectivity index (χ0) is 31.0. The number of anilines is 1. The third kappa shape index (κ3) is 6.09. The van der Waals surface area contributed by atoms with E-state index < -0.39 is 30.0 Å². The molecule has 226 valence electrons. The van der Waals surface area contributed by atoms with E-state index in [1.807, 2.05) is 19.1 Å². The Morgan fingerprint density at radius 3 is 2.72 bits per heavy atom. The van der Waals surface area contributed by atoms with Gasteiger partial charge in [0.15, 0.2) is 11.5 Å². The van der Waals surface area contributed by atoms with Crippen LogP contribution in [0.25, 0.3) is 6.08 Å². The van der Waals surface area contributed by atoms with Crippen LogP contribution >= 0.6 is 22.6 Å². The van der Waals surface area contributed by atoms with Crippen LogP contribution in [0.4, 0.5) is 11.4 Å². The minimum atomic E-state index is -1.08. The lowest BCUT2D eigenvalue weighted by Crippen LogP contribution is -2.46. The Labute approximate surface area is 264 Å². The van der Waals surface area contributed by atoms with Gasteiger partial charge in [0, 0.05) is 12.1 Å². The molecule has 1 aliphatic carbocycles. The summed E-state index contributed by atoms with van der Waals surface area (Å²) in [4.78, 5) is 39.5. The zero-order valence-corrected chi connectivity index (χ0v) is 26.4. The van der Waals surface area contributed by atoms with Gasteiger partial charge in [-0.25, -0.2) is 4.90 Å². The minimum Gasteiger partial charge on any atom is -0.504 e. The van der Waals surface area contributed by atoms with E-state index in [1.165, 1.54) is 25.3 Å². The number of carbonyl (C=O) groups excluding carboxylic acids is 2. The summed E-state index contributed by atoms with van der Waals surface area (Å²) in [6.07, 6.45) is 5.10. The molecule has 2 saturated heterocycles. The summed E-state index contributed by atoms with van der Waals surface area (Å²) in [6, 6.07) is 9.25. The van der Waals surface area contributed by atoms with Crippen molar-refractivity contribution in [2.75, 3.05) is 12.0 Å². The predicted molar refractivity (Wildman–Crippen MR) is 171 cm³/mol. The van der Waals surface area contributed by atoms with E-state index in [1.54, 1.807) is 12.1 Å². The minimum absolute atomic E-state index is 0.100. The number of nitrogens with zero attached hydrogens (tertiary/aromatic N) is 2. The second-order valence-electron chi connectivity index (χ2n) is 11.4. The van der Waals surface area contributed by atoms with Crippen molar-refractivity contribution in [1.29, 1.82) is 0 Å². The number of hydrogen-bond donors (Lipinski definition) is 2. The fraction of sp³-hybridized carbons (Fsp3) is 0.419. The van der Waals surface area contributed by atoms with Gasteiger partial charge in [-0.2, -0.15) is 0 Å². The van der Waals surface area contributed by atoms with E-state index in [4.69, 9.17) is 9.39 Å². The Bertz CT molecular complexity index is 1530. The monoisotopic (exact) mass is 700 g/mol. The summed E-state index contributed by atoms with van der Waals surface area (Å²) in [5.41, 5.74) is 4.09. The first-order chi connectivity index (χ1) is 20.5. The van der Waals surface area contributed by atoms with Gasteiger partial charge in [-0.15, -0.1) is 0 Å². The molecule has 2 N–H and O–H groups in total. The second kappa shape index (κ2) is 12.8. The van der Waals surface area contributed by atoms with Crippen LogP contribution in [0.15, 0.2) is 53.1 Å². The standard InChI is InChI=1S/C31H34BIN2O8/c1-4-6-19-14-22-28(31(38)34(30(22)37)20-7-5-8-21(15-20)35(40)41)23-16-32(39)43-25(27(19)23)10-9-17(2)11-18-12-24(33)29(36)26(13-18)42-3/h5,7-8,11-13,15,22-23,25,28,36,39H,4,6,9-10,14,16H2,1-3H3/b17-11+/t22-,23+,25-,28-/m1/s1. The van der Waals surface area contributed by atoms with Crippen LogP contribution in [0.3, 0.4) is 0 Å². The molecule has 2 fully saturated rings. The fourth-order valence-electron chi connectivity index (χ4n) is 6.85. The van der Waals surface area contributed by atoms with Crippen LogP contribution in [-0.2, 0) is 14.2 Å². The van der Waals surface area contributed by atoms with Gasteiger partial charge in [-0.1, -0.05) is 36.6 Å². The molecule has 43 heavy (non-hydrogen) atoms. The molecule has 3 aliphatic rings. The maximum absolute atomic E-state index is 13.9. The summed E-state index contributed by atoms with van der Waals surface area (Å²) in [7, 11) is 0.428. The van der Waals surface area contributed by atoms with E-state index in [9.17, 15) is 29.8 Å². The van der Waals surface area contributed by atoms with Crippen LogP contribution in [0.1, 0.15) is 51.5 Å². The highest BCUT2D eigenvalue weighted by Crippen LogP contribution is 2.52. The molecule has 0 saturated carbocycles. The number of nitro groups is 1. The smallest absolute Gasteiger partial charge is 0.455 e. The molecule has 0 spiro atoms. The van der Waals surface area contributed by atoms with E-state index in [0.717, 1.165) is 40.0 Å². The van der Waals surface area contributed by atoms with Crippen molar-refractivity contribution in [1.82, 2.24) is 0 Å². The molecule has 2 aromatic carbocycles. The van der Waals surface area contributed by atoms with Crippen molar-refractivity contribution in [2.24, 2.45) is 17.8 Å². The molecule has 12 heteroatoms. The third-order valence-electron chi connectivity index (χ3n) is 8.64. The number of phenolic OH excluding ortho intramolecular Hbond substituents is 1. The number of allylic oxidation sites excluding steroid dienone is 2. The molecule has 2 aliphatic heterocycles. The number of nitro benzene ring substituents is 1. The highest BCUT2D eigenvalue weighted by atomic mass is 127. The van der Waals surface area contributed by atoms with Gasteiger partial charge in [-0.05, 0) is 96.8 Å². The average molecular weight is 700 g/mol. The molecule has 4 atom stereocenters. The van der Waals surface area contributed by atoms with Gasteiger partial charge >= 0.3 is 7.12 Å². The Balaban J connectivity index is 1.42. The van der Waals surface area contributed by atoms with Gasteiger partial charge in [0.05, 0.1) is 39.2 Å². The van der Waals surface area contributed by atoms with Crippen LogP contribution < -0.4 is 9.64 Å². The van der Waals surface area contributed by atoms with Crippen LogP contribution in [0.2, 0.25) is 6.32 Å². The number of aromatic hydroxyl groups is 1. The summed E-state index contributed by atoms with van der Waals surface area (Å²) < 4.78 is 12.1. The molecule has 0 unspecified atom stereocenters. The topological polar surface area (TPSA) is 139 Å². The number of fused-ring (bicyclic) bond motifs is 3. The number of imide groups is 1. The van der Waals surface area contributed by atoms with Gasteiger partial charge in [0.2, 0.25) is 11.8 Å². The highest BCUT2D eigenvalue weighted by Gasteiger charge is 2.57. The van der Waals surface area contributed by atoms with E-state index in [0.29, 0.717) is 28.6 Å². The predicted octanol–water partition coefficient (Wildman–Crippen LogP) is 5.90. The Hall–Kier alpha value is -3.23. The number of ether oxygens (including phenoxy) is 1.